The summed E-state index contributed by atoms with van der Waals surface area (Å²) in [6.07, 6.45) is 8.10. The molecule has 2 aliphatic rings. The third-order valence-electron chi connectivity index (χ3n) is 6.67. The first-order chi connectivity index (χ1) is 15.9. The van der Waals surface area contributed by atoms with Gasteiger partial charge in [-0.1, -0.05) is 6.07 Å². The van der Waals surface area contributed by atoms with Crippen molar-refractivity contribution in [2.75, 3.05) is 40.4 Å². The van der Waals surface area contributed by atoms with Gasteiger partial charge in [0.05, 0.1) is 46.7 Å². The summed E-state index contributed by atoms with van der Waals surface area (Å²) in [6.45, 7) is 1.18. The zero-order chi connectivity index (χ0) is 23.1. The van der Waals surface area contributed by atoms with Crippen molar-refractivity contribution in [2.45, 2.75) is 25.7 Å². The molecule has 1 aliphatic carbocycles. The second-order valence-electron chi connectivity index (χ2n) is 8.91. The fourth-order valence-electron chi connectivity index (χ4n) is 4.52. The number of hydrogen-bond donors (Lipinski definition) is 3. The van der Waals surface area contributed by atoms with E-state index in [9.17, 15) is 13.2 Å². The van der Waals surface area contributed by atoms with Gasteiger partial charge in [0.1, 0.15) is 0 Å². The average Bonchev–Trinajstić information content (AvgIpc) is 3.43. The standard InChI is InChI=1S/C23H27N5O4S/c29-13-14-33(31,32)26-17-4-5-18(21(15-17)27-11-8-23(6-7-23)9-12-27)22(30)25-19-16-24-28-10-2-1-3-20(19)28/h1-5,10,15-16,26,29H,6-9,11-14H2,(H,25,30). The van der Waals surface area contributed by atoms with Crippen LogP contribution in [0, 0.1) is 5.41 Å². The summed E-state index contributed by atoms with van der Waals surface area (Å²) < 4.78 is 28.5. The van der Waals surface area contributed by atoms with Crippen LogP contribution >= 0.6 is 0 Å². The highest BCUT2D eigenvalue weighted by Gasteiger charge is 2.44. The van der Waals surface area contributed by atoms with E-state index in [1.165, 1.54) is 12.8 Å². The van der Waals surface area contributed by atoms with Gasteiger partial charge in [-0.2, -0.15) is 5.10 Å². The topological polar surface area (TPSA) is 116 Å². The predicted molar refractivity (Wildman–Crippen MR) is 127 cm³/mol. The number of hydrogen-bond acceptors (Lipinski definition) is 6. The van der Waals surface area contributed by atoms with Gasteiger partial charge in [-0.25, -0.2) is 12.9 Å². The Bertz CT molecular complexity index is 1290. The Kier molecular flexibility index (Phi) is 5.49. The van der Waals surface area contributed by atoms with Gasteiger partial charge in [0.15, 0.2) is 0 Å². The highest BCUT2D eigenvalue weighted by atomic mass is 32.2. The van der Waals surface area contributed by atoms with Gasteiger partial charge in [0.25, 0.3) is 5.91 Å². The Hall–Kier alpha value is -3.11. The smallest absolute Gasteiger partial charge is 0.257 e. The first kappa shape index (κ1) is 21.7. The third kappa shape index (κ3) is 4.53. The second kappa shape index (κ2) is 8.35. The molecule has 0 radical (unpaired) electrons. The van der Waals surface area contributed by atoms with E-state index < -0.39 is 16.6 Å². The van der Waals surface area contributed by atoms with E-state index in [0.29, 0.717) is 28.0 Å². The summed E-state index contributed by atoms with van der Waals surface area (Å²) in [5.74, 6) is -0.661. The average molecular weight is 470 g/mol. The number of anilines is 3. The van der Waals surface area contributed by atoms with Crippen LogP contribution in [0.2, 0.25) is 0 Å². The number of piperidine rings is 1. The van der Waals surface area contributed by atoms with Gasteiger partial charge in [-0.3, -0.25) is 9.52 Å². The van der Waals surface area contributed by atoms with E-state index in [2.05, 4.69) is 20.0 Å². The van der Waals surface area contributed by atoms with Crippen LogP contribution in [0.3, 0.4) is 0 Å². The van der Waals surface area contributed by atoms with E-state index in [1.54, 1.807) is 28.9 Å². The molecule has 10 heteroatoms. The molecule has 0 bridgehead atoms. The molecule has 2 aromatic heterocycles. The lowest BCUT2D eigenvalue weighted by Crippen LogP contribution is -2.35. The number of aromatic nitrogens is 2. The number of nitrogens with zero attached hydrogens (tertiary/aromatic N) is 3. The number of nitrogens with one attached hydrogen (secondary N) is 2. The molecule has 5 rings (SSSR count). The van der Waals surface area contributed by atoms with Gasteiger partial charge in [-0.05, 0) is 61.4 Å². The second-order valence-corrected chi connectivity index (χ2v) is 10.7. The normalized spacial score (nSPS) is 17.3. The summed E-state index contributed by atoms with van der Waals surface area (Å²) in [4.78, 5) is 15.5. The molecule has 2 fully saturated rings. The zero-order valence-electron chi connectivity index (χ0n) is 18.2. The van der Waals surface area contributed by atoms with Crippen molar-refractivity contribution in [3.05, 3.63) is 54.4 Å². The fraction of sp³-hybridized carbons (Fsp3) is 0.391. The molecule has 174 valence electrons. The molecule has 1 spiro atoms. The van der Waals surface area contributed by atoms with E-state index in [0.717, 1.165) is 31.4 Å². The Morgan fingerprint density at radius 1 is 1.12 bits per heavy atom. The summed E-state index contributed by atoms with van der Waals surface area (Å²) >= 11 is 0. The van der Waals surface area contributed by atoms with E-state index in [1.807, 2.05) is 24.4 Å². The minimum Gasteiger partial charge on any atom is -0.395 e. The SMILES string of the molecule is O=C(Nc1cnn2ccccc12)c1ccc(NS(=O)(=O)CCO)cc1N1CCC2(CC1)CC2. The molecule has 1 amide bonds. The van der Waals surface area contributed by atoms with Crippen molar-refractivity contribution >= 4 is 38.5 Å². The molecule has 33 heavy (non-hydrogen) atoms. The number of carbonyl (C=O) groups is 1. The molecule has 3 heterocycles. The molecular weight excluding hydrogens is 442 g/mol. The number of rotatable bonds is 7. The number of fused-ring (bicyclic) bond motifs is 1. The Balaban J connectivity index is 1.45. The maximum absolute atomic E-state index is 13.3. The van der Waals surface area contributed by atoms with Crippen LogP contribution in [-0.4, -0.2) is 54.5 Å². The highest BCUT2D eigenvalue weighted by Crippen LogP contribution is 2.54. The monoisotopic (exact) mass is 469 g/mol. The van der Waals surface area contributed by atoms with Crippen LogP contribution in [0.5, 0.6) is 0 Å². The molecular formula is C23H27N5O4S. The Morgan fingerprint density at radius 2 is 1.91 bits per heavy atom. The molecule has 9 nitrogen and oxygen atoms in total. The third-order valence-corrected chi connectivity index (χ3v) is 7.94. The highest BCUT2D eigenvalue weighted by molar-refractivity contribution is 7.92. The summed E-state index contributed by atoms with van der Waals surface area (Å²) in [5, 5.41) is 16.2. The first-order valence-corrected chi connectivity index (χ1v) is 12.8. The lowest BCUT2D eigenvalue weighted by atomic mass is 9.93. The fourth-order valence-corrected chi connectivity index (χ4v) is 5.35. The zero-order valence-corrected chi connectivity index (χ0v) is 19.0. The molecule has 3 aromatic rings. The van der Waals surface area contributed by atoms with Crippen LogP contribution in [0.15, 0.2) is 48.8 Å². The van der Waals surface area contributed by atoms with E-state index in [4.69, 9.17) is 5.11 Å². The number of carbonyl (C=O) groups excluding carboxylic acids is 1. The summed E-state index contributed by atoms with van der Waals surface area (Å²) in [7, 11) is -3.67. The number of amides is 1. The van der Waals surface area contributed by atoms with Crippen molar-refractivity contribution in [2.24, 2.45) is 5.41 Å². The van der Waals surface area contributed by atoms with Gasteiger partial charge < -0.3 is 15.3 Å². The van der Waals surface area contributed by atoms with Crippen molar-refractivity contribution in [3.8, 4) is 0 Å². The number of pyridine rings is 1. The Morgan fingerprint density at radius 3 is 2.64 bits per heavy atom. The Labute approximate surface area is 192 Å². The molecule has 1 aromatic carbocycles. The van der Waals surface area contributed by atoms with Crippen molar-refractivity contribution < 1.29 is 18.3 Å². The minimum atomic E-state index is -3.67. The van der Waals surface area contributed by atoms with Crippen LogP contribution in [0.1, 0.15) is 36.0 Å². The maximum atomic E-state index is 13.3. The van der Waals surface area contributed by atoms with Gasteiger partial charge >= 0.3 is 0 Å². The van der Waals surface area contributed by atoms with Gasteiger partial charge in [-0.15, -0.1) is 0 Å². The number of benzene rings is 1. The van der Waals surface area contributed by atoms with Crippen molar-refractivity contribution in [3.63, 3.8) is 0 Å². The molecule has 1 saturated heterocycles. The largest absolute Gasteiger partial charge is 0.395 e. The molecule has 1 aliphatic heterocycles. The van der Waals surface area contributed by atoms with Gasteiger partial charge in [0, 0.05) is 19.3 Å². The lowest BCUT2D eigenvalue weighted by molar-refractivity contribution is 0.102. The summed E-state index contributed by atoms with van der Waals surface area (Å²) in [6, 6.07) is 10.6. The van der Waals surface area contributed by atoms with Crippen LogP contribution in [-0.2, 0) is 10.0 Å². The molecule has 0 atom stereocenters. The first-order valence-electron chi connectivity index (χ1n) is 11.1. The predicted octanol–water partition coefficient (Wildman–Crippen LogP) is 2.70. The minimum absolute atomic E-state index is 0.278. The summed E-state index contributed by atoms with van der Waals surface area (Å²) in [5.41, 5.74) is 3.41. The van der Waals surface area contributed by atoms with E-state index >= 15 is 0 Å². The molecule has 0 unspecified atom stereocenters. The van der Waals surface area contributed by atoms with Gasteiger partial charge in [0.2, 0.25) is 10.0 Å². The van der Waals surface area contributed by atoms with Crippen LogP contribution in [0.25, 0.3) is 5.52 Å². The van der Waals surface area contributed by atoms with Crippen LogP contribution < -0.4 is 14.9 Å². The van der Waals surface area contributed by atoms with Crippen molar-refractivity contribution in [1.82, 2.24) is 9.61 Å². The quantitative estimate of drug-likeness (QED) is 0.490. The van der Waals surface area contributed by atoms with E-state index in [-0.39, 0.29) is 11.7 Å². The number of sulfonamides is 1. The number of aliphatic hydroxyl groups is 1. The van der Waals surface area contributed by atoms with Crippen LogP contribution in [0.4, 0.5) is 17.1 Å². The van der Waals surface area contributed by atoms with Crippen molar-refractivity contribution in [1.29, 1.82) is 0 Å². The molecule has 3 N–H and O–H groups in total. The maximum Gasteiger partial charge on any atom is 0.257 e. The lowest BCUT2D eigenvalue weighted by Gasteiger charge is -2.35. The number of aliphatic hydroxyl groups excluding tert-OH is 1. The molecule has 1 saturated carbocycles.